The van der Waals surface area contributed by atoms with Crippen molar-refractivity contribution in [1.82, 2.24) is 15.5 Å². The molecule has 0 fully saturated rings. The highest BCUT2D eigenvalue weighted by Crippen LogP contribution is 2.34. The fraction of sp³-hybridized carbons (Fsp3) is 0.481. The first-order chi connectivity index (χ1) is 16.5. The van der Waals surface area contributed by atoms with Gasteiger partial charge in [-0.1, -0.05) is 52.3 Å². The van der Waals surface area contributed by atoms with Crippen molar-refractivity contribution in [3.63, 3.8) is 0 Å². The number of hydrogen-bond acceptors (Lipinski definition) is 4. The number of carbonyl (C=O) groups is 2. The number of methoxy groups -OCH3 is 1. The quantitative estimate of drug-likeness (QED) is 0.296. The normalized spacial score (nSPS) is 15.9. The summed E-state index contributed by atoms with van der Waals surface area (Å²) in [6, 6.07) is 16.8. The third kappa shape index (κ3) is 7.84. The molecule has 184 valence electrons. The van der Waals surface area contributed by atoms with Crippen LogP contribution in [0, 0.1) is 0 Å². The lowest BCUT2D eigenvalue weighted by molar-refractivity contribution is -0.140. The van der Waals surface area contributed by atoms with Gasteiger partial charge < -0.3 is 15.4 Å². The number of hydrogen-bond donors (Lipinski definition) is 2. The Bertz CT molecular complexity index is 935. The molecule has 0 aromatic heterocycles. The lowest BCUT2D eigenvalue weighted by Gasteiger charge is -2.36. The van der Waals surface area contributed by atoms with E-state index in [1.807, 2.05) is 31.2 Å². The molecule has 2 N–H and O–H groups in total. The van der Waals surface area contributed by atoms with Gasteiger partial charge in [0.05, 0.1) is 13.2 Å². The highest BCUT2D eigenvalue weighted by Gasteiger charge is 2.25. The molecule has 0 saturated heterocycles. The van der Waals surface area contributed by atoms with E-state index in [-0.39, 0.29) is 18.0 Å². The standard InChI is InChI=1S/C27H36BrN3O3/c1-20(21-13-15-23(28)16-14-21)30-27(33)29-17-7-19-31(18-6-12-26(32)34-2)25-11-5-9-22-8-3-4-10-24(22)25/h3-4,8,10,13-16,20,25H,5-7,9,11-12,17-19H2,1-2H3,(H2,29,30,33). The highest BCUT2D eigenvalue weighted by atomic mass is 79.9. The Morgan fingerprint density at radius 1 is 1.12 bits per heavy atom. The average Bonchev–Trinajstić information content (AvgIpc) is 2.85. The van der Waals surface area contributed by atoms with Crippen molar-refractivity contribution in [3.8, 4) is 0 Å². The van der Waals surface area contributed by atoms with E-state index in [0.717, 1.165) is 48.8 Å². The van der Waals surface area contributed by atoms with E-state index in [4.69, 9.17) is 4.74 Å². The van der Waals surface area contributed by atoms with Crippen LogP contribution in [0.1, 0.15) is 67.8 Å². The van der Waals surface area contributed by atoms with Crippen LogP contribution in [0.3, 0.4) is 0 Å². The molecule has 0 radical (unpaired) electrons. The molecule has 2 aromatic rings. The summed E-state index contributed by atoms with van der Waals surface area (Å²) in [4.78, 5) is 26.5. The lowest BCUT2D eigenvalue weighted by atomic mass is 9.86. The van der Waals surface area contributed by atoms with Gasteiger partial charge in [-0.05, 0) is 74.4 Å². The molecule has 0 bridgehead atoms. The minimum Gasteiger partial charge on any atom is -0.469 e. The Kier molecular flexibility index (Phi) is 10.4. The van der Waals surface area contributed by atoms with Gasteiger partial charge in [-0.3, -0.25) is 9.69 Å². The van der Waals surface area contributed by atoms with Crippen LogP contribution in [0.4, 0.5) is 4.79 Å². The van der Waals surface area contributed by atoms with Crippen LogP contribution < -0.4 is 10.6 Å². The van der Waals surface area contributed by atoms with Gasteiger partial charge in [-0.15, -0.1) is 0 Å². The van der Waals surface area contributed by atoms with Crippen LogP contribution in [0.15, 0.2) is 53.0 Å². The third-order valence-corrected chi connectivity index (χ3v) is 6.99. The first-order valence-electron chi connectivity index (χ1n) is 12.2. The first-order valence-corrected chi connectivity index (χ1v) is 13.0. The molecule has 0 aliphatic heterocycles. The Morgan fingerprint density at radius 2 is 1.85 bits per heavy atom. The van der Waals surface area contributed by atoms with Gasteiger partial charge in [-0.25, -0.2) is 4.79 Å². The van der Waals surface area contributed by atoms with E-state index >= 15 is 0 Å². The Labute approximate surface area is 211 Å². The van der Waals surface area contributed by atoms with Gasteiger partial charge in [0.15, 0.2) is 0 Å². The van der Waals surface area contributed by atoms with E-state index in [9.17, 15) is 9.59 Å². The topological polar surface area (TPSA) is 70.7 Å². The number of carbonyl (C=O) groups excluding carboxylic acids is 2. The molecule has 2 amide bonds. The molecule has 6 nitrogen and oxygen atoms in total. The van der Waals surface area contributed by atoms with E-state index in [1.54, 1.807) is 0 Å². The largest absolute Gasteiger partial charge is 0.469 e. The van der Waals surface area contributed by atoms with Crippen molar-refractivity contribution in [1.29, 1.82) is 0 Å². The molecule has 0 saturated carbocycles. The maximum Gasteiger partial charge on any atom is 0.315 e. The molecule has 3 rings (SSSR count). The minimum absolute atomic E-state index is 0.0679. The highest BCUT2D eigenvalue weighted by molar-refractivity contribution is 9.10. The number of esters is 1. The summed E-state index contributed by atoms with van der Waals surface area (Å²) in [6.45, 7) is 4.27. The number of halogens is 1. The van der Waals surface area contributed by atoms with Crippen LogP contribution in [0.2, 0.25) is 0 Å². The maximum atomic E-state index is 12.4. The fourth-order valence-electron chi connectivity index (χ4n) is 4.63. The number of rotatable bonds is 11. The average molecular weight is 531 g/mol. The lowest BCUT2D eigenvalue weighted by Crippen LogP contribution is -2.39. The number of urea groups is 1. The van der Waals surface area contributed by atoms with Crippen molar-refractivity contribution < 1.29 is 14.3 Å². The van der Waals surface area contributed by atoms with Crippen LogP contribution in [-0.4, -0.2) is 43.6 Å². The van der Waals surface area contributed by atoms with Crippen molar-refractivity contribution in [2.75, 3.05) is 26.7 Å². The number of benzene rings is 2. The van der Waals surface area contributed by atoms with E-state index in [2.05, 4.69) is 55.7 Å². The Hall–Kier alpha value is -2.38. The molecular weight excluding hydrogens is 494 g/mol. The summed E-state index contributed by atoms with van der Waals surface area (Å²) in [5.41, 5.74) is 3.89. The molecule has 1 aliphatic carbocycles. The smallest absolute Gasteiger partial charge is 0.315 e. The van der Waals surface area contributed by atoms with Crippen LogP contribution in [-0.2, 0) is 16.0 Å². The van der Waals surface area contributed by atoms with Crippen LogP contribution in [0.25, 0.3) is 0 Å². The number of amides is 2. The number of fused-ring (bicyclic) bond motifs is 1. The summed E-state index contributed by atoms with van der Waals surface area (Å²) in [5, 5.41) is 6.00. The summed E-state index contributed by atoms with van der Waals surface area (Å²) >= 11 is 3.44. The van der Waals surface area contributed by atoms with Crippen molar-refractivity contribution in [2.24, 2.45) is 0 Å². The van der Waals surface area contributed by atoms with Crippen molar-refractivity contribution >= 4 is 27.9 Å². The number of aryl methyl sites for hydroxylation is 1. The molecule has 0 spiro atoms. The molecule has 2 atom stereocenters. The fourth-order valence-corrected chi connectivity index (χ4v) is 4.89. The molecule has 7 heteroatoms. The van der Waals surface area contributed by atoms with Crippen molar-refractivity contribution in [2.45, 2.75) is 57.5 Å². The number of nitrogens with one attached hydrogen (secondary N) is 2. The minimum atomic E-state index is -0.165. The third-order valence-electron chi connectivity index (χ3n) is 6.46. The maximum absolute atomic E-state index is 12.4. The van der Waals surface area contributed by atoms with E-state index in [0.29, 0.717) is 19.0 Å². The molecule has 2 unspecified atom stereocenters. The second-order valence-electron chi connectivity index (χ2n) is 8.85. The predicted molar refractivity (Wildman–Crippen MR) is 139 cm³/mol. The first kappa shape index (κ1) is 26.2. The van der Waals surface area contributed by atoms with Gasteiger partial charge in [0.2, 0.25) is 0 Å². The van der Waals surface area contributed by atoms with Gasteiger partial charge >= 0.3 is 12.0 Å². The van der Waals surface area contributed by atoms with E-state index in [1.165, 1.54) is 24.7 Å². The molecular formula is C27H36BrN3O3. The SMILES string of the molecule is COC(=O)CCCN(CCCNC(=O)NC(C)c1ccc(Br)cc1)C1CCCc2ccccc21. The molecule has 2 aromatic carbocycles. The molecule has 1 aliphatic rings. The van der Waals surface area contributed by atoms with Crippen LogP contribution >= 0.6 is 15.9 Å². The zero-order valence-electron chi connectivity index (χ0n) is 20.2. The van der Waals surface area contributed by atoms with Crippen molar-refractivity contribution in [3.05, 3.63) is 69.7 Å². The predicted octanol–water partition coefficient (Wildman–Crippen LogP) is 5.53. The van der Waals surface area contributed by atoms with Gasteiger partial charge in [-0.2, -0.15) is 0 Å². The second kappa shape index (κ2) is 13.5. The number of ether oxygens (including phenoxy) is 1. The second-order valence-corrected chi connectivity index (χ2v) is 9.77. The molecule has 0 heterocycles. The summed E-state index contributed by atoms with van der Waals surface area (Å²) in [6.07, 6.45) is 5.45. The molecule has 34 heavy (non-hydrogen) atoms. The zero-order valence-corrected chi connectivity index (χ0v) is 21.8. The number of nitrogens with zero attached hydrogens (tertiary/aromatic N) is 1. The Balaban J connectivity index is 1.51. The zero-order chi connectivity index (χ0) is 24.3. The van der Waals surface area contributed by atoms with Gasteiger partial charge in [0.25, 0.3) is 0 Å². The summed E-state index contributed by atoms with van der Waals surface area (Å²) < 4.78 is 5.83. The Morgan fingerprint density at radius 3 is 2.62 bits per heavy atom. The summed E-state index contributed by atoms with van der Waals surface area (Å²) in [7, 11) is 1.44. The summed E-state index contributed by atoms with van der Waals surface area (Å²) in [5.74, 6) is -0.165. The van der Waals surface area contributed by atoms with Crippen LogP contribution in [0.5, 0.6) is 0 Å². The van der Waals surface area contributed by atoms with E-state index < -0.39 is 0 Å². The van der Waals surface area contributed by atoms with Gasteiger partial charge in [0, 0.05) is 30.0 Å². The van der Waals surface area contributed by atoms with Gasteiger partial charge in [0.1, 0.15) is 0 Å². The monoisotopic (exact) mass is 529 g/mol.